The summed E-state index contributed by atoms with van der Waals surface area (Å²) in [5.41, 5.74) is 5.42. The van der Waals surface area contributed by atoms with Gasteiger partial charge in [-0.15, -0.1) is 0 Å². The minimum absolute atomic E-state index is 0.00208. The van der Waals surface area contributed by atoms with E-state index in [1.807, 2.05) is 6.07 Å². The molecule has 0 aliphatic carbocycles. The molecule has 0 heterocycles. The average Bonchev–Trinajstić information content (AvgIpc) is 2.42. The van der Waals surface area contributed by atoms with E-state index in [9.17, 15) is 12.8 Å². The average molecular weight is 380 g/mol. The summed E-state index contributed by atoms with van der Waals surface area (Å²) in [4.78, 5) is -0.204. The van der Waals surface area contributed by atoms with Crippen LogP contribution < -0.4 is 5.73 Å². The predicted octanol–water partition coefficient (Wildman–Crippen LogP) is 1.72. The van der Waals surface area contributed by atoms with Crippen LogP contribution in [-0.2, 0) is 14.8 Å². The first-order valence-electron chi connectivity index (χ1n) is 5.95. The van der Waals surface area contributed by atoms with Crippen LogP contribution >= 0.6 is 15.9 Å². The molecule has 0 aliphatic heterocycles. The zero-order chi connectivity index (χ0) is 16.0. The summed E-state index contributed by atoms with van der Waals surface area (Å²) < 4.78 is 44.4. The zero-order valence-electron chi connectivity index (χ0n) is 11.3. The lowest BCUT2D eigenvalue weighted by molar-refractivity contribution is 0.179. The van der Waals surface area contributed by atoms with Crippen LogP contribution in [0.15, 0.2) is 21.5 Å². The molecule has 6 nitrogen and oxygen atoms in total. The van der Waals surface area contributed by atoms with Crippen LogP contribution in [0.2, 0.25) is 0 Å². The minimum atomic E-state index is -3.93. The topological polar surface area (TPSA) is 96.4 Å². The van der Waals surface area contributed by atoms with E-state index >= 15 is 0 Å². The van der Waals surface area contributed by atoms with E-state index in [1.54, 1.807) is 0 Å². The molecule has 116 valence electrons. The number of nitriles is 1. The molecule has 1 aromatic carbocycles. The fourth-order valence-corrected chi connectivity index (χ4v) is 3.67. The second-order valence-electron chi connectivity index (χ2n) is 4.11. The van der Waals surface area contributed by atoms with Gasteiger partial charge in [-0.3, -0.25) is 0 Å². The minimum Gasteiger partial charge on any atom is -0.398 e. The number of hydrogen-bond donors (Lipinski definition) is 1. The van der Waals surface area contributed by atoms with Gasteiger partial charge in [0, 0.05) is 26.6 Å². The molecule has 0 radical (unpaired) electrons. The first-order valence-corrected chi connectivity index (χ1v) is 8.18. The van der Waals surface area contributed by atoms with Gasteiger partial charge in [0.15, 0.2) is 0 Å². The van der Waals surface area contributed by atoms with E-state index in [2.05, 4.69) is 15.9 Å². The van der Waals surface area contributed by atoms with E-state index in [1.165, 1.54) is 7.11 Å². The van der Waals surface area contributed by atoms with Gasteiger partial charge >= 0.3 is 0 Å². The van der Waals surface area contributed by atoms with E-state index < -0.39 is 15.8 Å². The number of nitrogen functional groups attached to an aromatic ring is 1. The highest BCUT2D eigenvalue weighted by atomic mass is 79.9. The highest BCUT2D eigenvalue weighted by Crippen LogP contribution is 2.28. The zero-order valence-corrected chi connectivity index (χ0v) is 13.7. The smallest absolute Gasteiger partial charge is 0.245 e. The van der Waals surface area contributed by atoms with Crippen LogP contribution in [0.5, 0.6) is 0 Å². The third-order valence-electron chi connectivity index (χ3n) is 2.69. The molecule has 0 atom stereocenters. The Hall–Kier alpha value is -1.21. The second kappa shape index (κ2) is 7.70. The molecule has 0 spiro atoms. The Morgan fingerprint density at radius 1 is 1.48 bits per heavy atom. The summed E-state index contributed by atoms with van der Waals surface area (Å²) >= 11 is 2.94. The summed E-state index contributed by atoms with van der Waals surface area (Å²) in [6, 6.07) is 3.94. The number of sulfonamides is 1. The fraction of sp³-hybridized carbons (Fsp3) is 0.417. The fourth-order valence-electron chi connectivity index (χ4n) is 1.63. The molecule has 0 saturated heterocycles. The third kappa shape index (κ3) is 4.38. The SMILES string of the molecule is COCCN(CCC#N)S(=O)(=O)c1cc(Br)c(F)cc1N. The number of rotatable bonds is 7. The van der Waals surface area contributed by atoms with Crippen LogP contribution in [0.25, 0.3) is 0 Å². The predicted molar refractivity (Wildman–Crippen MR) is 79.4 cm³/mol. The third-order valence-corrected chi connectivity index (χ3v) is 5.25. The lowest BCUT2D eigenvalue weighted by atomic mass is 10.3. The highest BCUT2D eigenvalue weighted by molar-refractivity contribution is 9.10. The monoisotopic (exact) mass is 379 g/mol. The maximum Gasteiger partial charge on any atom is 0.245 e. The van der Waals surface area contributed by atoms with E-state index in [0.717, 1.165) is 16.4 Å². The van der Waals surface area contributed by atoms with Crippen molar-refractivity contribution in [2.24, 2.45) is 0 Å². The normalized spacial score (nSPS) is 11.6. The highest BCUT2D eigenvalue weighted by Gasteiger charge is 2.27. The molecule has 1 rings (SSSR count). The Kier molecular flexibility index (Phi) is 6.54. The molecular weight excluding hydrogens is 365 g/mol. The van der Waals surface area contributed by atoms with Gasteiger partial charge in [-0.05, 0) is 28.1 Å². The molecular formula is C12H15BrFN3O3S. The summed E-state index contributed by atoms with van der Waals surface area (Å²) in [7, 11) is -2.49. The second-order valence-corrected chi connectivity index (χ2v) is 6.87. The molecule has 2 N–H and O–H groups in total. The molecule has 21 heavy (non-hydrogen) atoms. The molecule has 0 bridgehead atoms. The molecule has 0 aliphatic rings. The van der Waals surface area contributed by atoms with Gasteiger partial charge in [0.05, 0.1) is 22.8 Å². The van der Waals surface area contributed by atoms with Gasteiger partial charge in [0.1, 0.15) is 10.7 Å². The van der Waals surface area contributed by atoms with Crippen LogP contribution in [0, 0.1) is 17.1 Å². The summed E-state index contributed by atoms with van der Waals surface area (Å²) in [6.07, 6.45) is 0.0329. The van der Waals surface area contributed by atoms with Crippen molar-refractivity contribution in [1.82, 2.24) is 4.31 Å². The van der Waals surface area contributed by atoms with E-state index in [0.29, 0.717) is 0 Å². The first kappa shape index (κ1) is 17.8. The molecule has 0 amide bonds. The first-order chi connectivity index (χ1) is 9.84. The maximum atomic E-state index is 13.4. The Morgan fingerprint density at radius 2 is 2.14 bits per heavy atom. The molecule has 0 saturated carbocycles. The molecule has 0 unspecified atom stereocenters. The van der Waals surface area contributed by atoms with Gasteiger partial charge in [0.25, 0.3) is 0 Å². The quantitative estimate of drug-likeness (QED) is 0.727. The summed E-state index contributed by atoms with van der Waals surface area (Å²) in [6.45, 7) is 0.262. The summed E-state index contributed by atoms with van der Waals surface area (Å²) in [5, 5.41) is 8.63. The van der Waals surface area contributed by atoms with Crippen LogP contribution in [-0.4, -0.2) is 39.5 Å². The van der Waals surface area contributed by atoms with Gasteiger partial charge < -0.3 is 10.5 Å². The summed E-state index contributed by atoms with van der Waals surface area (Å²) in [5.74, 6) is -0.646. The van der Waals surface area contributed by atoms with Gasteiger partial charge in [-0.25, -0.2) is 12.8 Å². The van der Waals surface area contributed by atoms with Crippen molar-refractivity contribution in [2.45, 2.75) is 11.3 Å². The Balaban J connectivity index is 3.22. The molecule has 0 fully saturated rings. The van der Waals surface area contributed by atoms with Crippen molar-refractivity contribution in [2.75, 3.05) is 32.5 Å². The Morgan fingerprint density at radius 3 is 2.71 bits per heavy atom. The lowest BCUT2D eigenvalue weighted by Gasteiger charge is -2.21. The van der Waals surface area contributed by atoms with Crippen molar-refractivity contribution in [1.29, 1.82) is 5.26 Å². The van der Waals surface area contributed by atoms with Crippen molar-refractivity contribution < 1.29 is 17.5 Å². The standard InChI is InChI=1S/C12H15BrFN3O3S/c1-20-6-5-17(4-2-3-15)21(18,19)12-7-9(13)10(14)8-11(12)16/h7-8H,2,4-6,16H2,1H3. The molecule has 1 aromatic rings. The van der Waals surface area contributed by atoms with E-state index in [-0.39, 0.29) is 41.2 Å². The van der Waals surface area contributed by atoms with Crippen LogP contribution in [0.4, 0.5) is 10.1 Å². The van der Waals surface area contributed by atoms with Crippen molar-refractivity contribution >= 4 is 31.6 Å². The Labute approximate surface area is 131 Å². The number of anilines is 1. The molecule has 0 aromatic heterocycles. The van der Waals surface area contributed by atoms with E-state index in [4.69, 9.17) is 15.7 Å². The Bertz CT molecular complexity index is 646. The van der Waals surface area contributed by atoms with Crippen molar-refractivity contribution in [3.8, 4) is 6.07 Å². The number of ether oxygens (including phenoxy) is 1. The van der Waals surface area contributed by atoms with Crippen molar-refractivity contribution in [3.05, 3.63) is 22.4 Å². The molecule has 9 heteroatoms. The number of nitrogens with zero attached hydrogens (tertiary/aromatic N) is 2. The largest absolute Gasteiger partial charge is 0.398 e. The van der Waals surface area contributed by atoms with Crippen molar-refractivity contribution in [3.63, 3.8) is 0 Å². The van der Waals surface area contributed by atoms with Gasteiger partial charge in [-0.1, -0.05) is 0 Å². The van der Waals surface area contributed by atoms with Gasteiger partial charge in [0.2, 0.25) is 10.0 Å². The lowest BCUT2D eigenvalue weighted by Crippen LogP contribution is -2.35. The van der Waals surface area contributed by atoms with Gasteiger partial charge in [-0.2, -0.15) is 9.57 Å². The maximum absolute atomic E-state index is 13.4. The van der Waals surface area contributed by atoms with Crippen LogP contribution in [0.3, 0.4) is 0 Å². The number of benzene rings is 1. The number of hydrogen-bond acceptors (Lipinski definition) is 5. The number of halogens is 2. The number of nitrogens with two attached hydrogens (primary N) is 1. The van der Waals surface area contributed by atoms with Crippen LogP contribution in [0.1, 0.15) is 6.42 Å². The number of methoxy groups -OCH3 is 1.